The molecule has 1 unspecified atom stereocenters. The minimum atomic E-state index is -0.914. The number of hydrogen-bond donors (Lipinski definition) is 2. The molecular formula is C24H33N3O5. The minimum Gasteiger partial charge on any atom is -0.488 e. The number of fused-ring (bicyclic) bond motifs is 7. The fraction of sp³-hybridized carbons (Fsp3) is 0.542. The molecule has 1 aromatic carbocycles. The smallest absolute Gasteiger partial charge is 0.411 e. The molecule has 1 saturated heterocycles. The molecule has 4 rings (SSSR count). The van der Waals surface area contributed by atoms with E-state index in [-0.39, 0.29) is 11.8 Å². The topological polar surface area (TPSA) is 97.0 Å². The van der Waals surface area contributed by atoms with Gasteiger partial charge in [0.2, 0.25) is 11.8 Å². The van der Waals surface area contributed by atoms with Gasteiger partial charge in [-0.3, -0.25) is 14.5 Å². The van der Waals surface area contributed by atoms with Crippen LogP contribution in [-0.2, 0) is 14.3 Å². The molecule has 1 fully saturated rings. The monoisotopic (exact) mass is 443 g/mol. The van der Waals surface area contributed by atoms with E-state index in [9.17, 15) is 14.4 Å². The van der Waals surface area contributed by atoms with Crippen molar-refractivity contribution in [3.05, 3.63) is 36.0 Å². The van der Waals surface area contributed by atoms with E-state index in [2.05, 4.69) is 10.6 Å². The van der Waals surface area contributed by atoms with Gasteiger partial charge >= 0.3 is 6.09 Å². The Labute approximate surface area is 189 Å². The van der Waals surface area contributed by atoms with E-state index in [1.165, 1.54) is 4.90 Å². The molecule has 0 radical (unpaired) electrons. The van der Waals surface area contributed by atoms with Crippen molar-refractivity contribution < 1.29 is 23.9 Å². The summed E-state index contributed by atoms with van der Waals surface area (Å²) in [5.41, 5.74) is 0.201. The summed E-state index contributed by atoms with van der Waals surface area (Å²) in [6.45, 7) is 9.52. The van der Waals surface area contributed by atoms with Crippen LogP contribution in [0.2, 0.25) is 0 Å². The molecule has 4 atom stereocenters. The molecule has 2 bridgehead atoms. The zero-order valence-electron chi connectivity index (χ0n) is 19.4. The van der Waals surface area contributed by atoms with Crippen LogP contribution in [0.4, 0.5) is 4.79 Å². The van der Waals surface area contributed by atoms with E-state index in [4.69, 9.17) is 9.47 Å². The average Bonchev–Trinajstić information content (AvgIpc) is 3.14. The number of carbonyl (C=O) groups excluding carboxylic acids is 3. The Morgan fingerprint density at radius 1 is 1.22 bits per heavy atom. The highest BCUT2D eigenvalue weighted by atomic mass is 16.6. The third-order valence-electron chi connectivity index (χ3n) is 5.70. The molecule has 8 heteroatoms. The number of benzene rings is 1. The number of nitrogens with one attached hydrogen (secondary N) is 2. The first kappa shape index (κ1) is 23.6. The number of hydrogen-bond acceptors (Lipinski definition) is 5. The zero-order valence-corrected chi connectivity index (χ0v) is 19.4. The van der Waals surface area contributed by atoms with Gasteiger partial charge in [0, 0.05) is 19.2 Å². The highest BCUT2D eigenvalue weighted by Gasteiger charge is 2.46. The normalized spacial score (nSPS) is 25.7. The first-order valence-electron chi connectivity index (χ1n) is 11.1. The van der Waals surface area contributed by atoms with Gasteiger partial charge in [-0.2, -0.15) is 0 Å². The predicted octanol–water partition coefficient (Wildman–Crippen LogP) is 3.07. The summed E-state index contributed by atoms with van der Waals surface area (Å²) in [6.07, 6.45) is 3.38. The Kier molecular flexibility index (Phi) is 7.11. The summed E-state index contributed by atoms with van der Waals surface area (Å²) >= 11 is 0. The van der Waals surface area contributed by atoms with Crippen molar-refractivity contribution in [1.82, 2.24) is 15.5 Å². The van der Waals surface area contributed by atoms with Crippen LogP contribution in [0.1, 0.15) is 53.0 Å². The molecule has 0 spiro atoms. The third-order valence-corrected chi connectivity index (χ3v) is 5.70. The molecule has 3 amide bonds. The second-order valence-electron chi connectivity index (χ2n) is 9.35. The van der Waals surface area contributed by atoms with Crippen LogP contribution in [0.25, 0.3) is 6.08 Å². The number of rotatable bonds is 2. The number of amides is 3. The van der Waals surface area contributed by atoms with Gasteiger partial charge in [-0.15, -0.1) is 0 Å². The zero-order chi connectivity index (χ0) is 23.5. The van der Waals surface area contributed by atoms with Crippen molar-refractivity contribution >= 4 is 24.0 Å². The lowest BCUT2D eigenvalue weighted by molar-refractivity contribution is -0.133. The minimum absolute atomic E-state index is 0.103. The molecule has 0 aromatic heterocycles. The van der Waals surface area contributed by atoms with Crippen molar-refractivity contribution in [1.29, 1.82) is 0 Å². The van der Waals surface area contributed by atoms with Crippen molar-refractivity contribution in [2.75, 3.05) is 6.54 Å². The predicted molar refractivity (Wildman–Crippen MR) is 121 cm³/mol. The fourth-order valence-electron chi connectivity index (χ4n) is 3.81. The molecular weight excluding hydrogens is 410 g/mol. The summed E-state index contributed by atoms with van der Waals surface area (Å²) in [7, 11) is 0. The molecule has 3 aliphatic heterocycles. The Morgan fingerprint density at radius 2 is 1.91 bits per heavy atom. The molecule has 1 aromatic rings. The number of ether oxygens (including phenoxy) is 2. The van der Waals surface area contributed by atoms with Gasteiger partial charge in [-0.1, -0.05) is 32.4 Å². The Balaban J connectivity index is 1.96. The van der Waals surface area contributed by atoms with Crippen molar-refractivity contribution in [2.24, 2.45) is 5.92 Å². The van der Waals surface area contributed by atoms with E-state index < -0.39 is 35.8 Å². The summed E-state index contributed by atoms with van der Waals surface area (Å²) in [5.74, 6) is -0.238. The third kappa shape index (κ3) is 5.60. The number of likely N-dealkylation sites (tertiary alicyclic amines) is 1. The van der Waals surface area contributed by atoms with Gasteiger partial charge < -0.3 is 20.1 Å². The number of carbonyl (C=O) groups is 3. The fourth-order valence-corrected chi connectivity index (χ4v) is 3.81. The maximum absolute atomic E-state index is 13.4. The molecule has 3 aliphatic rings. The molecule has 8 nitrogen and oxygen atoms in total. The Bertz CT molecular complexity index is 875. The largest absolute Gasteiger partial charge is 0.488 e. The first-order chi connectivity index (χ1) is 15.1. The lowest BCUT2D eigenvalue weighted by Crippen LogP contribution is -2.58. The van der Waals surface area contributed by atoms with Crippen molar-refractivity contribution in [3.8, 4) is 5.75 Å². The first-order valence-corrected chi connectivity index (χ1v) is 11.1. The lowest BCUT2D eigenvalue weighted by atomic mass is 9.97. The second-order valence-corrected chi connectivity index (χ2v) is 9.35. The van der Waals surface area contributed by atoms with Crippen LogP contribution >= 0.6 is 0 Å². The van der Waals surface area contributed by atoms with Crippen LogP contribution in [-0.4, -0.2) is 53.1 Å². The summed E-state index contributed by atoms with van der Waals surface area (Å²) in [5, 5.41) is 5.63. The summed E-state index contributed by atoms with van der Waals surface area (Å²) < 4.78 is 11.7. The van der Waals surface area contributed by atoms with E-state index in [1.807, 2.05) is 26.0 Å². The quantitative estimate of drug-likeness (QED) is 0.732. The molecule has 0 saturated carbocycles. The Hall–Kier alpha value is -3.03. The van der Waals surface area contributed by atoms with Gasteiger partial charge in [0.1, 0.15) is 23.5 Å². The van der Waals surface area contributed by atoms with E-state index in [1.54, 1.807) is 45.2 Å². The van der Waals surface area contributed by atoms with Gasteiger partial charge in [0.15, 0.2) is 6.04 Å². The van der Waals surface area contributed by atoms with E-state index in [0.29, 0.717) is 25.1 Å². The van der Waals surface area contributed by atoms with Crippen LogP contribution in [0, 0.1) is 5.92 Å². The van der Waals surface area contributed by atoms with Crippen LogP contribution in [0.15, 0.2) is 30.5 Å². The molecule has 2 N–H and O–H groups in total. The lowest BCUT2D eigenvalue weighted by Gasteiger charge is -2.32. The average molecular weight is 444 g/mol. The molecule has 32 heavy (non-hydrogen) atoms. The van der Waals surface area contributed by atoms with Gasteiger partial charge in [0.05, 0.1) is 0 Å². The van der Waals surface area contributed by atoms with E-state index in [0.717, 1.165) is 5.56 Å². The highest BCUT2D eigenvalue weighted by molar-refractivity contribution is 5.92. The van der Waals surface area contributed by atoms with Gasteiger partial charge in [-0.25, -0.2) is 4.79 Å². The van der Waals surface area contributed by atoms with E-state index >= 15 is 0 Å². The van der Waals surface area contributed by atoms with Crippen LogP contribution in [0.5, 0.6) is 5.75 Å². The number of nitrogens with zero attached hydrogens (tertiary/aromatic N) is 1. The van der Waals surface area contributed by atoms with Crippen LogP contribution in [0.3, 0.4) is 0 Å². The Morgan fingerprint density at radius 3 is 2.53 bits per heavy atom. The second kappa shape index (κ2) is 9.63. The summed E-state index contributed by atoms with van der Waals surface area (Å²) in [4.78, 5) is 40.6. The standard InChI is InChI=1S/C24H33N3O5/c1-6-15(2)19-21(28)25-13-11-16-7-9-17(10-8-16)31-18-12-14-27(20(18)22(29)26-19)23(30)32-24(3,4)5/h7-11,13,15,18-20H,6,12,14H2,1-5H3,(H,25,28)(H,26,29)/b13-11+/t15?,18-,19-,20-/m0/s1. The maximum Gasteiger partial charge on any atom is 0.411 e. The van der Waals surface area contributed by atoms with Gasteiger partial charge in [-0.05, 0) is 50.5 Å². The van der Waals surface area contributed by atoms with Crippen molar-refractivity contribution in [3.63, 3.8) is 0 Å². The molecule has 0 aliphatic carbocycles. The van der Waals surface area contributed by atoms with Crippen molar-refractivity contribution in [2.45, 2.75) is 71.2 Å². The van der Waals surface area contributed by atoms with Crippen LogP contribution < -0.4 is 15.4 Å². The highest BCUT2D eigenvalue weighted by Crippen LogP contribution is 2.27. The molecule has 174 valence electrons. The summed E-state index contributed by atoms with van der Waals surface area (Å²) in [6, 6.07) is 5.68. The maximum atomic E-state index is 13.4. The molecule has 3 heterocycles. The SMILES string of the molecule is CCC(C)[C@@H]1NC(=O)[C@@H]2[C@H](CCN2C(=O)OC(C)(C)C)Oc2ccc(cc2)/C=C/NC1=O. The van der Waals surface area contributed by atoms with Gasteiger partial charge in [0.25, 0.3) is 0 Å².